The molecule has 0 bridgehead atoms. The van der Waals surface area contributed by atoms with Gasteiger partial charge in [-0.1, -0.05) is 12.1 Å². The van der Waals surface area contributed by atoms with E-state index >= 15 is 0 Å². The molecule has 4 nitrogen and oxygen atoms in total. The van der Waals surface area contributed by atoms with Crippen molar-refractivity contribution in [3.05, 3.63) is 46.6 Å². The number of thiophene rings is 1. The van der Waals surface area contributed by atoms with Crippen molar-refractivity contribution in [2.24, 2.45) is 0 Å². The zero-order valence-corrected chi connectivity index (χ0v) is 15.6. The van der Waals surface area contributed by atoms with Crippen LogP contribution in [-0.4, -0.2) is 28.1 Å². The largest absolute Gasteiger partial charge is 0.492 e. The molecule has 1 aliphatic rings. The van der Waals surface area contributed by atoms with Crippen molar-refractivity contribution in [1.29, 1.82) is 0 Å². The lowest BCUT2D eigenvalue weighted by molar-refractivity contribution is 0.101. The van der Waals surface area contributed by atoms with Gasteiger partial charge in [-0.15, -0.1) is 23.1 Å². The van der Waals surface area contributed by atoms with Gasteiger partial charge in [0.1, 0.15) is 21.9 Å². The van der Waals surface area contributed by atoms with E-state index in [1.165, 1.54) is 28.7 Å². The summed E-state index contributed by atoms with van der Waals surface area (Å²) in [5.41, 5.74) is 2.08. The van der Waals surface area contributed by atoms with Crippen LogP contribution in [0.2, 0.25) is 0 Å². The highest BCUT2D eigenvalue weighted by atomic mass is 32.2. The lowest BCUT2D eigenvalue weighted by Crippen LogP contribution is -2.04. The van der Waals surface area contributed by atoms with Crippen molar-refractivity contribution in [3.8, 4) is 5.75 Å². The molecule has 0 aliphatic heterocycles. The molecular formula is C19H18N2O2S2. The molecule has 0 fully saturated rings. The summed E-state index contributed by atoms with van der Waals surface area (Å²) in [6.07, 6.45) is 5.20. The van der Waals surface area contributed by atoms with Crippen molar-refractivity contribution in [2.45, 2.75) is 31.2 Å². The molecule has 0 saturated heterocycles. The lowest BCUT2D eigenvalue weighted by atomic mass is 10.1. The first-order valence-corrected chi connectivity index (χ1v) is 10.1. The number of rotatable bonds is 6. The van der Waals surface area contributed by atoms with Crippen LogP contribution in [-0.2, 0) is 12.8 Å². The third kappa shape index (κ3) is 3.28. The number of thioether (sulfide) groups is 1. The number of fused-ring (bicyclic) bond motifs is 3. The summed E-state index contributed by atoms with van der Waals surface area (Å²) >= 11 is 3.51. The van der Waals surface area contributed by atoms with Gasteiger partial charge in [-0.3, -0.25) is 4.79 Å². The molecule has 0 radical (unpaired) electrons. The Morgan fingerprint density at radius 2 is 2.16 bits per heavy atom. The van der Waals surface area contributed by atoms with Gasteiger partial charge < -0.3 is 4.74 Å². The van der Waals surface area contributed by atoms with Crippen LogP contribution < -0.4 is 4.74 Å². The number of para-hydroxylation sites is 1. The molecule has 6 heteroatoms. The Morgan fingerprint density at radius 1 is 1.28 bits per heavy atom. The van der Waals surface area contributed by atoms with E-state index in [1.54, 1.807) is 31.1 Å². The first-order valence-electron chi connectivity index (χ1n) is 8.35. The Bertz CT molecular complexity index is 936. The molecule has 0 N–H and O–H groups in total. The number of benzene rings is 1. The first-order chi connectivity index (χ1) is 12.2. The summed E-state index contributed by atoms with van der Waals surface area (Å²) in [6.45, 7) is 2.10. The molecule has 0 spiro atoms. The zero-order valence-electron chi connectivity index (χ0n) is 13.9. The maximum Gasteiger partial charge on any atom is 0.163 e. The molecule has 0 saturated carbocycles. The van der Waals surface area contributed by atoms with Crippen LogP contribution in [0.3, 0.4) is 0 Å². The highest BCUT2D eigenvalue weighted by Gasteiger charge is 2.21. The molecule has 1 aliphatic carbocycles. The maximum atomic E-state index is 11.6. The normalized spacial score (nSPS) is 13.2. The summed E-state index contributed by atoms with van der Waals surface area (Å²) in [6, 6.07) is 7.38. The molecule has 3 aromatic rings. The Morgan fingerprint density at radius 3 is 3.04 bits per heavy atom. The number of carbonyl (C=O) groups excluding carboxylic acids is 1. The molecule has 0 amide bonds. The second kappa shape index (κ2) is 7.14. The number of ether oxygens (including phenoxy) is 1. The fourth-order valence-corrected chi connectivity index (χ4v) is 5.32. The van der Waals surface area contributed by atoms with Gasteiger partial charge in [-0.2, -0.15) is 0 Å². The van der Waals surface area contributed by atoms with Gasteiger partial charge in [0.25, 0.3) is 0 Å². The third-order valence-electron chi connectivity index (χ3n) is 4.31. The smallest absolute Gasteiger partial charge is 0.163 e. The average Bonchev–Trinajstić information content (AvgIpc) is 3.20. The molecule has 1 aromatic carbocycles. The van der Waals surface area contributed by atoms with Gasteiger partial charge in [0.05, 0.1) is 12.2 Å². The quantitative estimate of drug-likeness (QED) is 0.276. The molecule has 0 unspecified atom stereocenters. The Kier molecular flexibility index (Phi) is 4.72. The molecular weight excluding hydrogens is 352 g/mol. The van der Waals surface area contributed by atoms with E-state index < -0.39 is 0 Å². The van der Waals surface area contributed by atoms with E-state index in [0.717, 1.165) is 22.0 Å². The monoisotopic (exact) mass is 370 g/mol. The van der Waals surface area contributed by atoms with Crippen LogP contribution in [0.15, 0.2) is 35.6 Å². The highest BCUT2D eigenvalue weighted by molar-refractivity contribution is 7.99. The Hall–Kier alpha value is -1.92. The van der Waals surface area contributed by atoms with E-state index in [0.29, 0.717) is 17.9 Å². The van der Waals surface area contributed by atoms with E-state index in [9.17, 15) is 4.79 Å². The second-order valence-electron chi connectivity index (χ2n) is 5.97. The predicted molar refractivity (Wildman–Crippen MR) is 102 cm³/mol. The fraction of sp³-hybridized carbons (Fsp3) is 0.316. The summed E-state index contributed by atoms with van der Waals surface area (Å²) in [5.74, 6) is 1.46. The second-order valence-corrected chi connectivity index (χ2v) is 8.13. The van der Waals surface area contributed by atoms with Crippen molar-refractivity contribution >= 4 is 39.1 Å². The van der Waals surface area contributed by atoms with Crippen LogP contribution in [0.1, 0.15) is 34.1 Å². The number of carbonyl (C=O) groups is 1. The minimum atomic E-state index is 0.0228. The molecule has 0 atom stereocenters. The van der Waals surface area contributed by atoms with Crippen molar-refractivity contribution in [2.75, 3.05) is 12.4 Å². The summed E-state index contributed by atoms with van der Waals surface area (Å²) in [5, 5.41) is 2.29. The summed E-state index contributed by atoms with van der Waals surface area (Å²) in [7, 11) is 0. The van der Waals surface area contributed by atoms with E-state index in [1.807, 2.05) is 29.5 Å². The standard InChI is InChI=1S/C19H18N2O2S2/c1-12(22)13-5-2-3-7-15(13)23-9-10-24-18-17-14-6-4-8-16(14)25-19(17)21-11-20-18/h2-3,5,7,11H,4,6,8-10H2,1H3. The molecule has 2 heterocycles. The minimum Gasteiger partial charge on any atom is -0.492 e. The Balaban J connectivity index is 1.45. The molecule has 128 valence electrons. The number of ketones is 1. The number of aromatic nitrogens is 2. The molecule has 2 aromatic heterocycles. The summed E-state index contributed by atoms with van der Waals surface area (Å²) < 4.78 is 5.82. The highest BCUT2D eigenvalue weighted by Crippen LogP contribution is 2.39. The van der Waals surface area contributed by atoms with E-state index in [-0.39, 0.29) is 5.78 Å². The van der Waals surface area contributed by atoms with Crippen LogP contribution in [0.4, 0.5) is 0 Å². The predicted octanol–water partition coefficient (Wildman–Crippen LogP) is 4.55. The third-order valence-corrected chi connectivity index (χ3v) is 6.47. The van der Waals surface area contributed by atoms with Gasteiger partial charge >= 0.3 is 0 Å². The zero-order chi connectivity index (χ0) is 17.2. The van der Waals surface area contributed by atoms with Gasteiger partial charge in [-0.05, 0) is 43.9 Å². The van der Waals surface area contributed by atoms with Crippen LogP contribution >= 0.6 is 23.1 Å². The number of aryl methyl sites for hydroxylation is 2. The number of hydrogen-bond acceptors (Lipinski definition) is 6. The number of hydrogen-bond donors (Lipinski definition) is 0. The van der Waals surface area contributed by atoms with Crippen LogP contribution in [0.5, 0.6) is 5.75 Å². The van der Waals surface area contributed by atoms with Crippen molar-refractivity contribution < 1.29 is 9.53 Å². The van der Waals surface area contributed by atoms with E-state index in [4.69, 9.17) is 4.74 Å². The van der Waals surface area contributed by atoms with Crippen LogP contribution in [0.25, 0.3) is 10.2 Å². The number of nitrogens with zero attached hydrogens (tertiary/aromatic N) is 2. The average molecular weight is 370 g/mol. The first kappa shape index (κ1) is 16.5. The summed E-state index contributed by atoms with van der Waals surface area (Å²) in [4.78, 5) is 23.2. The SMILES string of the molecule is CC(=O)c1ccccc1OCCSc1ncnc2sc3c(c12)CCC3. The lowest BCUT2D eigenvalue weighted by Gasteiger charge is -2.09. The molecule has 25 heavy (non-hydrogen) atoms. The Labute approximate surface area is 154 Å². The van der Waals surface area contributed by atoms with Gasteiger partial charge in [0.15, 0.2) is 5.78 Å². The van der Waals surface area contributed by atoms with E-state index in [2.05, 4.69) is 9.97 Å². The van der Waals surface area contributed by atoms with Gasteiger partial charge in [0, 0.05) is 16.0 Å². The fourth-order valence-electron chi connectivity index (χ4n) is 3.18. The van der Waals surface area contributed by atoms with Gasteiger partial charge in [0.2, 0.25) is 0 Å². The maximum absolute atomic E-state index is 11.6. The van der Waals surface area contributed by atoms with Crippen molar-refractivity contribution in [1.82, 2.24) is 9.97 Å². The van der Waals surface area contributed by atoms with Crippen molar-refractivity contribution in [3.63, 3.8) is 0 Å². The topological polar surface area (TPSA) is 52.1 Å². The minimum absolute atomic E-state index is 0.0228. The molecule has 4 rings (SSSR count). The van der Waals surface area contributed by atoms with Gasteiger partial charge in [-0.25, -0.2) is 9.97 Å². The van der Waals surface area contributed by atoms with Crippen LogP contribution in [0, 0.1) is 0 Å². The number of Topliss-reactive ketones (excluding diaryl/α,β-unsaturated/α-hetero) is 1.